The molecule has 0 aliphatic rings. The third-order valence-electron chi connectivity index (χ3n) is 2.99. The van der Waals surface area contributed by atoms with Gasteiger partial charge in [-0.1, -0.05) is 47.8 Å². The summed E-state index contributed by atoms with van der Waals surface area (Å²) in [5, 5.41) is 11.8. The van der Waals surface area contributed by atoms with Crippen molar-refractivity contribution in [2.45, 2.75) is 45.1 Å². The largest absolute Gasteiger partial charge is 0.481 e. The Bertz CT molecular complexity index is 445. The number of carboxylic acid groups (broad SMARTS) is 1. The van der Waals surface area contributed by atoms with Gasteiger partial charge in [0, 0.05) is 10.9 Å². The molecule has 0 radical (unpaired) electrons. The van der Waals surface area contributed by atoms with Crippen molar-refractivity contribution in [1.29, 1.82) is 0 Å². The van der Waals surface area contributed by atoms with Crippen LogP contribution in [0.25, 0.3) is 0 Å². The van der Waals surface area contributed by atoms with Gasteiger partial charge in [0.25, 0.3) is 0 Å². The summed E-state index contributed by atoms with van der Waals surface area (Å²) in [6.07, 6.45) is 3.23. The predicted molar refractivity (Wildman–Crippen MR) is 81.4 cm³/mol. The number of aliphatic carboxylic acids is 1. The molecule has 0 spiro atoms. The average molecular weight is 342 g/mol. The van der Waals surface area contributed by atoms with Crippen LogP contribution in [0.4, 0.5) is 0 Å². The van der Waals surface area contributed by atoms with E-state index in [2.05, 4.69) is 28.2 Å². The Balaban J connectivity index is 2.67. The summed E-state index contributed by atoms with van der Waals surface area (Å²) in [7, 11) is 0. The van der Waals surface area contributed by atoms with Crippen LogP contribution in [-0.4, -0.2) is 17.0 Å². The van der Waals surface area contributed by atoms with Crippen LogP contribution >= 0.6 is 15.9 Å². The summed E-state index contributed by atoms with van der Waals surface area (Å²) in [6.45, 7) is 2.08. The van der Waals surface area contributed by atoms with Gasteiger partial charge in [-0.3, -0.25) is 9.59 Å². The number of halogens is 1. The lowest BCUT2D eigenvalue weighted by Crippen LogP contribution is -2.29. The minimum atomic E-state index is -0.924. The fraction of sp³-hybridized carbons (Fsp3) is 0.467. The minimum Gasteiger partial charge on any atom is -0.481 e. The van der Waals surface area contributed by atoms with E-state index in [1.165, 1.54) is 0 Å². The quantitative estimate of drug-likeness (QED) is 0.709. The molecular weight excluding hydrogens is 322 g/mol. The lowest BCUT2D eigenvalue weighted by molar-refractivity contribution is -0.137. The number of hydrogen-bond donors (Lipinski definition) is 2. The van der Waals surface area contributed by atoms with Crippen molar-refractivity contribution >= 4 is 27.8 Å². The SMILES string of the molecule is CCCCCC(=O)NC(CC(=O)O)c1ccc(Br)cc1. The molecule has 0 saturated carbocycles. The Morgan fingerprint density at radius 2 is 1.90 bits per heavy atom. The van der Waals surface area contributed by atoms with Gasteiger partial charge in [-0.2, -0.15) is 0 Å². The Morgan fingerprint density at radius 3 is 2.45 bits per heavy atom. The van der Waals surface area contributed by atoms with E-state index in [-0.39, 0.29) is 12.3 Å². The molecule has 0 aliphatic heterocycles. The molecule has 110 valence electrons. The molecule has 1 aromatic rings. The summed E-state index contributed by atoms with van der Waals surface area (Å²) in [5.41, 5.74) is 0.805. The number of hydrogen-bond acceptors (Lipinski definition) is 2. The standard InChI is InChI=1S/C15H20BrNO3/c1-2-3-4-5-14(18)17-13(10-15(19)20)11-6-8-12(16)9-7-11/h6-9,13H,2-5,10H2,1H3,(H,17,18)(H,19,20). The number of amides is 1. The van der Waals surface area contributed by atoms with E-state index in [4.69, 9.17) is 5.11 Å². The summed E-state index contributed by atoms with van der Waals surface area (Å²) >= 11 is 3.33. The first-order chi connectivity index (χ1) is 9.52. The van der Waals surface area contributed by atoms with Gasteiger partial charge in [-0.25, -0.2) is 0 Å². The fourth-order valence-electron chi connectivity index (χ4n) is 1.92. The second kappa shape index (κ2) is 8.74. The highest BCUT2D eigenvalue weighted by Gasteiger charge is 2.17. The number of carboxylic acids is 1. The third kappa shape index (κ3) is 6.19. The van der Waals surface area contributed by atoms with Gasteiger partial charge < -0.3 is 10.4 Å². The van der Waals surface area contributed by atoms with Crippen LogP contribution in [0, 0.1) is 0 Å². The summed E-state index contributed by atoms with van der Waals surface area (Å²) < 4.78 is 0.921. The number of carbonyl (C=O) groups is 2. The summed E-state index contributed by atoms with van der Waals surface area (Å²) in [5.74, 6) is -1.01. The van der Waals surface area contributed by atoms with Gasteiger partial charge in [0.1, 0.15) is 0 Å². The van der Waals surface area contributed by atoms with E-state index >= 15 is 0 Å². The Kier molecular flexibility index (Phi) is 7.30. The van der Waals surface area contributed by atoms with Crippen molar-refractivity contribution in [2.24, 2.45) is 0 Å². The smallest absolute Gasteiger partial charge is 0.305 e. The van der Waals surface area contributed by atoms with Crippen LogP contribution in [0.2, 0.25) is 0 Å². The number of nitrogens with one attached hydrogen (secondary N) is 1. The maximum absolute atomic E-state index is 11.8. The van der Waals surface area contributed by atoms with Crippen LogP contribution in [0.5, 0.6) is 0 Å². The third-order valence-corrected chi connectivity index (χ3v) is 3.52. The van der Waals surface area contributed by atoms with E-state index < -0.39 is 12.0 Å². The zero-order valence-electron chi connectivity index (χ0n) is 11.6. The van der Waals surface area contributed by atoms with Gasteiger partial charge >= 0.3 is 5.97 Å². The number of carbonyl (C=O) groups excluding carboxylic acids is 1. The topological polar surface area (TPSA) is 66.4 Å². The molecule has 1 rings (SSSR count). The first-order valence-electron chi connectivity index (χ1n) is 6.79. The molecule has 0 aromatic heterocycles. The van der Waals surface area contributed by atoms with Crippen LogP contribution in [-0.2, 0) is 9.59 Å². The maximum Gasteiger partial charge on any atom is 0.305 e. The molecule has 0 fully saturated rings. The van der Waals surface area contributed by atoms with Crippen LogP contribution in [0.15, 0.2) is 28.7 Å². The van der Waals surface area contributed by atoms with E-state index in [9.17, 15) is 9.59 Å². The molecule has 5 heteroatoms. The number of benzene rings is 1. The molecule has 1 amide bonds. The highest BCUT2D eigenvalue weighted by atomic mass is 79.9. The van der Waals surface area contributed by atoms with Crippen molar-refractivity contribution in [3.63, 3.8) is 0 Å². The second-order valence-electron chi connectivity index (χ2n) is 4.73. The molecule has 0 heterocycles. The van der Waals surface area contributed by atoms with Crippen molar-refractivity contribution < 1.29 is 14.7 Å². The van der Waals surface area contributed by atoms with Crippen LogP contribution in [0.3, 0.4) is 0 Å². The van der Waals surface area contributed by atoms with Gasteiger partial charge in [0.15, 0.2) is 0 Å². The Labute approximate surface area is 127 Å². The van der Waals surface area contributed by atoms with Gasteiger partial charge in [-0.05, 0) is 24.1 Å². The van der Waals surface area contributed by atoms with Crippen LogP contribution in [0.1, 0.15) is 50.6 Å². The van der Waals surface area contributed by atoms with Crippen molar-refractivity contribution in [3.05, 3.63) is 34.3 Å². The molecule has 1 aromatic carbocycles. The zero-order valence-corrected chi connectivity index (χ0v) is 13.1. The highest BCUT2D eigenvalue weighted by Crippen LogP contribution is 2.20. The number of rotatable bonds is 8. The van der Waals surface area contributed by atoms with E-state index in [1.54, 1.807) is 0 Å². The van der Waals surface area contributed by atoms with Crippen molar-refractivity contribution in [2.75, 3.05) is 0 Å². The summed E-state index contributed by atoms with van der Waals surface area (Å²) in [4.78, 5) is 22.8. The van der Waals surface area contributed by atoms with Crippen molar-refractivity contribution in [3.8, 4) is 0 Å². The van der Waals surface area contributed by atoms with E-state index in [1.807, 2.05) is 24.3 Å². The van der Waals surface area contributed by atoms with Gasteiger partial charge in [-0.15, -0.1) is 0 Å². The normalized spacial score (nSPS) is 11.9. The Morgan fingerprint density at radius 1 is 1.25 bits per heavy atom. The van der Waals surface area contributed by atoms with E-state index in [0.717, 1.165) is 29.3 Å². The second-order valence-corrected chi connectivity index (χ2v) is 5.64. The molecule has 1 unspecified atom stereocenters. The molecular formula is C15H20BrNO3. The minimum absolute atomic E-state index is 0.0902. The highest BCUT2D eigenvalue weighted by molar-refractivity contribution is 9.10. The monoisotopic (exact) mass is 341 g/mol. The predicted octanol–water partition coefficient (Wildman–Crippen LogP) is 3.66. The van der Waals surface area contributed by atoms with E-state index in [0.29, 0.717) is 6.42 Å². The van der Waals surface area contributed by atoms with Crippen LogP contribution < -0.4 is 5.32 Å². The summed E-state index contributed by atoms with van der Waals surface area (Å²) in [6, 6.07) is 6.85. The van der Waals surface area contributed by atoms with Crippen molar-refractivity contribution in [1.82, 2.24) is 5.32 Å². The maximum atomic E-state index is 11.8. The molecule has 0 saturated heterocycles. The molecule has 20 heavy (non-hydrogen) atoms. The molecule has 2 N–H and O–H groups in total. The van der Waals surface area contributed by atoms with Gasteiger partial charge in [0.2, 0.25) is 5.91 Å². The molecule has 4 nitrogen and oxygen atoms in total. The molecule has 0 aliphatic carbocycles. The first kappa shape index (κ1) is 16.7. The lowest BCUT2D eigenvalue weighted by Gasteiger charge is -2.17. The molecule has 1 atom stereocenters. The average Bonchev–Trinajstić information content (AvgIpc) is 2.38. The number of unbranched alkanes of at least 4 members (excludes halogenated alkanes) is 2. The zero-order chi connectivity index (χ0) is 15.0. The Hall–Kier alpha value is -1.36. The lowest BCUT2D eigenvalue weighted by atomic mass is 10.0. The fourth-order valence-corrected chi connectivity index (χ4v) is 2.19. The first-order valence-corrected chi connectivity index (χ1v) is 7.59. The van der Waals surface area contributed by atoms with Gasteiger partial charge in [0.05, 0.1) is 12.5 Å². The molecule has 0 bridgehead atoms.